The number of amides is 1. The maximum atomic E-state index is 14.4. The number of anilines is 1. The van der Waals surface area contributed by atoms with Crippen molar-refractivity contribution in [2.75, 3.05) is 12.4 Å². The first-order valence-electron chi connectivity index (χ1n) is 19.7. The highest BCUT2D eigenvalue weighted by molar-refractivity contribution is 6.22. The van der Waals surface area contributed by atoms with Crippen LogP contribution in [-0.4, -0.2) is 80.5 Å². The van der Waals surface area contributed by atoms with Gasteiger partial charge >= 0.3 is 11.8 Å². The number of aromatic hydroxyl groups is 3. The minimum Gasteiger partial charge on any atom is -0.507 e. The zero-order chi connectivity index (χ0) is 43.5. The number of aliphatic hydroxyl groups excluding tert-OH is 2. The number of fused-ring (bicyclic) bond motifs is 14. The Kier molecular flexibility index (Phi) is 13.8. The zero-order valence-corrected chi connectivity index (χ0v) is 34.9. The Labute approximate surface area is 344 Å². The standard InChI is InChI=1S/C45H56N2O12/c1-22-14-13-15-23(2)44(55)47-35-30(21-46-20-29-16-11-10-12-17-29)39(52)32-33(40(35)53)38(51)27(6)42-34(32)43(54)45(8,59-42)57-19-18-31(56-9)24(3)41(58-28(7)48)26(5)37(50)25(4)36(22)49/h10-19,22,24-26,31,36-37,41,46,49-53H,20-21H2,1-9H3,(H,47,55)/b14-13+,19-18+,23-15-. The Morgan fingerprint density at radius 1 is 0.898 bits per heavy atom. The van der Waals surface area contributed by atoms with Crippen LogP contribution in [0.1, 0.15) is 75.5 Å². The SMILES string of the molecule is COC1/C=C/OC2(C)Oc3c(C)c(O)c4c(O)c(c(CNCc5ccccc5)c(O)c4c3C2=O)NC(=O)/C(C)=C\C=C\C(C)C(O)C(C)C(O)C(C)C(OC(C)=O)C1C. The summed E-state index contributed by atoms with van der Waals surface area (Å²) in [5.41, 5.74) is 0.853. The number of nitrogens with one attached hydrogen (secondary N) is 2. The molecule has 14 heteroatoms. The van der Waals surface area contributed by atoms with Crippen molar-refractivity contribution in [1.29, 1.82) is 0 Å². The lowest BCUT2D eigenvalue weighted by atomic mass is 9.78. The van der Waals surface area contributed by atoms with Gasteiger partial charge in [-0.1, -0.05) is 76.3 Å². The molecule has 0 saturated carbocycles. The van der Waals surface area contributed by atoms with Crippen molar-refractivity contribution in [3.8, 4) is 23.0 Å². The molecule has 7 N–H and O–H groups in total. The number of phenols is 3. The Morgan fingerprint density at radius 3 is 2.22 bits per heavy atom. The predicted octanol–water partition coefficient (Wildman–Crippen LogP) is 6.04. The third-order valence-electron chi connectivity index (χ3n) is 11.6. The molecule has 318 valence electrons. The van der Waals surface area contributed by atoms with Crippen LogP contribution in [0.15, 0.2) is 66.5 Å². The van der Waals surface area contributed by atoms with Gasteiger partial charge in [-0.2, -0.15) is 0 Å². The van der Waals surface area contributed by atoms with E-state index in [-0.39, 0.29) is 51.0 Å². The first-order chi connectivity index (χ1) is 27.8. The maximum Gasteiger partial charge on any atom is 0.312 e. The summed E-state index contributed by atoms with van der Waals surface area (Å²) in [6, 6.07) is 9.42. The summed E-state index contributed by atoms with van der Waals surface area (Å²) < 4.78 is 23.6. The monoisotopic (exact) mass is 816 g/mol. The average Bonchev–Trinajstić information content (AvgIpc) is 3.47. The highest BCUT2D eigenvalue weighted by Gasteiger charge is 2.50. The van der Waals surface area contributed by atoms with Crippen molar-refractivity contribution < 1.29 is 58.9 Å². The Bertz CT molecular complexity index is 2170. The second-order valence-corrected chi connectivity index (χ2v) is 15.8. The van der Waals surface area contributed by atoms with Gasteiger partial charge in [-0.05, 0) is 25.5 Å². The average molecular weight is 817 g/mol. The van der Waals surface area contributed by atoms with E-state index in [0.29, 0.717) is 6.54 Å². The quantitative estimate of drug-likeness (QED) is 0.0860. The third kappa shape index (κ3) is 8.96. The number of carbonyl (C=O) groups is 3. The number of benzene rings is 3. The molecular weight excluding hydrogens is 760 g/mol. The number of allylic oxidation sites excluding steroid dienone is 2. The van der Waals surface area contributed by atoms with Crippen LogP contribution in [0, 0.1) is 30.6 Å². The summed E-state index contributed by atoms with van der Waals surface area (Å²) in [4.78, 5) is 40.5. The van der Waals surface area contributed by atoms with Crippen molar-refractivity contribution in [3.63, 3.8) is 0 Å². The lowest BCUT2D eigenvalue weighted by molar-refractivity contribution is -0.160. The van der Waals surface area contributed by atoms with Crippen LogP contribution < -0.4 is 15.4 Å². The molecule has 0 spiro atoms. The van der Waals surface area contributed by atoms with E-state index in [1.54, 1.807) is 39.8 Å². The fraction of sp³-hybridized carbons (Fsp3) is 0.444. The Balaban J connectivity index is 1.68. The largest absolute Gasteiger partial charge is 0.507 e. The predicted molar refractivity (Wildman–Crippen MR) is 221 cm³/mol. The summed E-state index contributed by atoms with van der Waals surface area (Å²) in [5, 5.41) is 63.8. The van der Waals surface area contributed by atoms with Crippen LogP contribution in [0.5, 0.6) is 23.0 Å². The van der Waals surface area contributed by atoms with Gasteiger partial charge in [0.1, 0.15) is 23.4 Å². The second-order valence-electron chi connectivity index (χ2n) is 15.8. The molecule has 0 aliphatic carbocycles. The van der Waals surface area contributed by atoms with Crippen molar-refractivity contribution in [3.05, 3.63) is 88.7 Å². The van der Waals surface area contributed by atoms with Gasteiger partial charge in [0.15, 0.2) is 5.75 Å². The van der Waals surface area contributed by atoms with E-state index in [1.165, 1.54) is 53.2 Å². The molecule has 59 heavy (non-hydrogen) atoms. The molecule has 0 fully saturated rings. The number of carbonyl (C=O) groups excluding carboxylic acids is 3. The van der Waals surface area contributed by atoms with E-state index >= 15 is 0 Å². The summed E-state index contributed by atoms with van der Waals surface area (Å²) in [5.74, 6) is -8.14. The molecule has 9 unspecified atom stereocenters. The third-order valence-corrected chi connectivity index (χ3v) is 11.6. The van der Waals surface area contributed by atoms with Crippen LogP contribution in [-0.2, 0) is 36.9 Å². The number of ether oxygens (including phenoxy) is 4. The topological polar surface area (TPSA) is 213 Å². The molecule has 3 aromatic rings. The van der Waals surface area contributed by atoms with Gasteiger partial charge < -0.3 is 55.1 Å². The summed E-state index contributed by atoms with van der Waals surface area (Å²) >= 11 is 0. The number of hydrogen-bond donors (Lipinski definition) is 7. The van der Waals surface area contributed by atoms with Gasteiger partial charge in [0.25, 0.3) is 11.7 Å². The fourth-order valence-corrected chi connectivity index (χ4v) is 7.89. The number of Topliss-reactive ketones (excluding diaryl/α,β-unsaturated/α-hetero) is 1. The molecule has 3 aliphatic rings. The Morgan fingerprint density at radius 2 is 1.58 bits per heavy atom. The van der Waals surface area contributed by atoms with Crippen LogP contribution in [0.3, 0.4) is 0 Å². The van der Waals surface area contributed by atoms with Gasteiger partial charge in [0, 0.05) is 79.8 Å². The summed E-state index contributed by atoms with van der Waals surface area (Å²) in [7, 11) is 1.44. The van der Waals surface area contributed by atoms with Crippen molar-refractivity contribution in [1.82, 2.24) is 5.32 Å². The summed E-state index contributed by atoms with van der Waals surface area (Å²) in [6.45, 7) is 12.8. The van der Waals surface area contributed by atoms with E-state index in [2.05, 4.69) is 10.6 Å². The number of methoxy groups -OCH3 is 1. The fourth-order valence-electron chi connectivity index (χ4n) is 7.89. The molecule has 3 aromatic carbocycles. The first kappa shape index (κ1) is 44.7. The lowest BCUT2D eigenvalue weighted by Gasteiger charge is -2.38. The van der Waals surface area contributed by atoms with Gasteiger partial charge in [0.2, 0.25) is 0 Å². The molecule has 3 aliphatic heterocycles. The van der Waals surface area contributed by atoms with Crippen LogP contribution in [0.2, 0.25) is 0 Å². The molecule has 0 saturated heterocycles. The van der Waals surface area contributed by atoms with Crippen LogP contribution in [0.4, 0.5) is 5.69 Å². The van der Waals surface area contributed by atoms with Gasteiger partial charge in [-0.15, -0.1) is 0 Å². The highest BCUT2D eigenvalue weighted by Crippen LogP contribution is 2.55. The first-order valence-corrected chi connectivity index (χ1v) is 19.7. The number of esters is 1. The van der Waals surface area contributed by atoms with E-state index in [1.807, 2.05) is 30.3 Å². The van der Waals surface area contributed by atoms with E-state index in [9.17, 15) is 39.9 Å². The van der Waals surface area contributed by atoms with E-state index < -0.39 is 88.8 Å². The van der Waals surface area contributed by atoms with E-state index in [4.69, 9.17) is 18.9 Å². The lowest BCUT2D eigenvalue weighted by Crippen LogP contribution is -2.46. The molecule has 0 aromatic heterocycles. The Hall–Kier alpha value is -5.41. The molecule has 14 nitrogen and oxygen atoms in total. The van der Waals surface area contributed by atoms with Crippen LogP contribution in [0.25, 0.3) is 10.8 Å². The van der Waals surface area contributed by atoms with Gasteiger partial charge in [-0.3, -0.25) is 14.4 Å². The molecule has 5 bridgehead atoms. The number of hydrogen-bond acceptors (Lipinski definition) is 13. The number of aliphatic hydroxyl groups is 2. The smallest absolute Gasteiger partial charge is 0.312 e. The number of ketones is 1. The molecule has 6 rings (SSSR count). The van der Waals surface area contributed by atoms with Crippen molar-refractivity contribution >= 4 is 34.1 Å². The van der Waals surface area contributed by atoms with Crippen molar-refractivity contribution in [2.45, 2.75) is 98.7 Å². The minimum atomic E-state index is -2.03. The zero-order valence-electron chi connectivity index (χ0n) is 34.9. The molecular formula is C45H56N2O12. The highest BCUT2D eigenvalue weighted by atomic mass is 16.7. The normalized spacial score (nSPS) is 29.9. The van der Waals surface area contributed by atoms with Crippen LogP contribution >= 0.6 is 0 Å². The summed E-state index contributed by atoms with van der Waals surface area (Å²) in [6.07, 6.45) is 3.61. The number of rotatable bonds is 6. The molecule has 1 amide bonds. The molecule has 9 atom stereocenters. The van der Waals surface area contributed by atoms with E-state index in [0.717, 1.165) is 5.56 Å². The molecule has 0 radical (unpaired) electrons. The minimum absolute atomic E-state index is 0.0301. The van der Waals surface area contributed by atoms with Crippen molar-refractivity contribution in [2.24, 2.45) is 23.7 Å². The molecule has 3 heterocycles. The van der Waals surface area contributed by atoms with Gasteiger partial charge in [0.05, 0.1) is 41.2 Å². The second kappa shape index (κ2) is 18.2. The maximum absolute atomic E-state index is 14.4. The number of phenolic OH excluding ortho intramolecular Hbond substituents is 3. The van der Waals surface area contributed by atoms with Gasteiger partial charge in [-0.25, -0.2) is 0 Å².